The van der Waals surface area contributed by atoms with Crippen LogP contribution in [0.15, 0.2) is 0 Å². The van der Waals surface area contributed by atoms with Gasteiger partial charge in [0.05, 0.1) is 6.04 Å². The van der Waals surface area contributed by atoms with Crippen LogP contribution in [0.2, 0.25) is 0 Å². The van der Waals surface area contributed by atoms with Crippen LogP contribution >= 0.6 is 11.6 Å². The number of amides is 1. The predicted molar refractivity (Wildman–Crippen MR) is 79.1 cm³/mol. The van der Waals surface area contributed by atoms with Crippen LogP contribution in [0.25, 0.3) is 0 Å². The molecule has 110 valence electrons. The number of carbonyl (C=O) groups is 1. The van der Waals surface area contributed by atoms with Crippen molar-refractivity contribution in [1.82, 2.24) is 4.90 Å². The summed E-state index contributed by atoms with van der Waals surface area (Å²) in [6.07, 6.45) is 6.05. The van der Waals surface area contributed by atoms with Crippen molar-refractivity contribution in [2.45, 2.75) is 52.0 Å². The topological polar surface area (TPSA) is 46.3 Å². The molecule has 1 amide bonds. The molecule has 0 aromatic rings. The molecule has 0 bridgehead atoms. The van der Waals surface area contributed by atoms with E-state index >= 15 is 0 Å². The van der Waals surface area contributed by atoms with Crippen molar-refractivity contribution in [3.05, 3.63) is 0 Å². The lowest BCUT2D eigenvalue weighted by Gasteiger charge is -2.36. The Balaban J connectivity index is 1.91. The maximum atomic E-state index is 12.3. The lowest BCUT2D eigenvalue weighted by atomic mass is 9.70. The third-order valence-electron chi connectivity index (χ3n) is 5.14. The standard InChI is InChI=1S/C15H27ClN2O/c1-11(2)13(17)14(19)18-8-7-15(10-18)5-3-12(9-16)4-6-15/h11-13H,3-10,17H2,1-2H3/t12?,13-,15?/m1/s1. The van der Waals surface area contributed by atoms with Crippen molar-refractivity contribution in [2.24, 2.45) is 23.0 Å². The third-order valence-corrected chi connectivity index (χ3v) is 5.57. The number of hydrogen-bond donors (Lipinski definition) is 1. The van der Waals surface area contributed by atoms with E-state index in [4.69, 9.17) is 17.3 Å². The molecule has 0 aromatic heterocycles. The first-order chi connectivity index (χ1) is 8.97. The number of halogens is 1. The molecule has 1 spiro atoms. The van der Waals surface area contributed by atoms with Crippen LogP contribution in [-0.2, 0) is 4.79 Å². The normalized spacial score (nSPS) is 33.1. The Bertz CT molecular complexity index is 324. The quantitative estimate of drug-likeness (QED) is 0.811. The van der Waals surface area contributed by atoms with Crippen molar-refractivity contribution in [2.75, 3.05) is 19.0 Å². The van der Waals surface area contributed by atoms with Crippen molar-refractivity contribution < 1.29 is 4.79 Å². The fourth-order valence-corrected chi connectivity index (χ4v) is 3.78. The maximum Gasteiger partial charge on any atom is 0.239 e. The van der Waals surface area contributed by atoms with Crippen LogP contribution in [0, 0.1) is 17.3 Å². The highest BCUT2D eigenvalue weighted by Crippen LogP contribution is 2.45. The highest BCUT2D eigenvalue weighted by Gasteiger charge is 2.43. The van der Waals surface area contributed by atoms with Gasteiger partial charge in [-0.2, -0.15) is 0 Å². The largest absolute Gasteiger partial charge is 0.341 e. The average Bonchev–Trinajstić information content (AvgIpc) is 2.82. The Labute approximate surface area is 121 Å². The van der Waals surface area contributed by atoms with Gasteiger partial charge in [-0.25, -0.2) is 0 Å². The lowest BCUT2D eigenvalue weighted by molar-refractivity contribution is -0.133. The van der Waals surface area contributed by atoms with E-state index in [1.54, 1.807) is 0 Å². The Morgan fingerprint density at radius 1 is 1.37 bits per heavy atom. The first-order valence-corrected chi connectivity index (χ1v) is 8.11. The minimum Gasteiger partial charge on any atom is -0.341 e. The maximum absolute atomic E-state index is 12.3. The highest BCUT2D eigenvalue weighted by atomic mass is 35.5. The zero-order valence-electron chi connectivity index (χ0n) is 12.2. The Hall–Kier alpha value is -0.280. The first-order valence-electron chi connectivity index (χ1n) is 7.58. The third kappa shape index (κ3) is 3.25. The van der Waals surface area contributed by atoms with Crippen LogP contribution in [0.5, 0.6) is 0 Å². The molecule has 0 aromatic carbocycles. The van der Waals surface area contributed by atoms with E-state index in [1.165, 1.54) is 25.7 Å². The number of carbonyl (C=O) groups excluding carboxylic acids is 1. The van der Waals surface area contributed by atoms with E-state index < -0.39 is 0 Å². The molecule has 19 heavy (non-hydrogen) atoms. The molecule has 3 nitrogen and oxygen atoms in total. The summed E-state index contributed by atoms with van der Waals surface area (Å²) in [4.78, 5) is 14.3. The second kappa shape index (κ2) is 6.01. The Morgan fingerprint density at radius 2 is 2.00 bits per heavy atom. The summed E-state index contributed by atoms with van der Waals surface area (Å²) >= 11 is 5.95. The molecule has 4 heteroatoms. The predicted octanol–water partition coefficient (Wildman–Crippen LogP) is 2.62. The summed E-state index contributed by atoms with van der Waals surface area (Å²) in [6.45, 7) is 5.84. The molecule has 1 atom stereocenters. The molecule has 1 saturated carbocycles. The Morgan fingerprint density at radius 3 is 2.53 bits per heavy atom. The van der Waals surface area contributed by atoms with Crippen molar-refractivity contribution in [1.29, 1.82) is 0 Å². The minimum atomic E-state index is -0.339. The number of alkyl halides is 1. The summed E-state index contributed by atoms with van der Waals surface area (Å²) < 4.78 is 0. The summed E-state index contributed by atoms with van der Waals surface area (Å²) in [7, 11) is 0. The number of hydrogen-bond acceptors (Lipinski definition) is 2. The average molecular weight is 287 g/mol. The van der Waals surface area contributed by atoms with E-state index in [0.29, 0.717) is 11.3 Å². The van der Waals surface area contributed by atoms with E-state index in [0.717, 1.165) is 25.4 Å². The van der Waals surface area contributed by atoms with E-state index in [1.807, 2.05) is 18.7 Å². The number of nitrogens with zero attached hydrogens (tertiary/aromatic N) is 1. The lowest BCUT2D eigenvalue weighted by Crippen LogP contribution is -2.46. The molecule has 0 unspecified atom stereocenters. The summed E-state index contributed by atoms with van der Waals surface area (Å²) in [5.74, 6) is 1.84. The van der Waals surface area contributed by atoms with E-state index in [2.05, 4.69) is 0 Å². The van der Waals surface area contributed by atoms with Crippen LogP contribution in [0.3, 0.4) is 0 Å². The molecule has 1 saturated heterocycles. The second-order valence-corrected chi connectivity index (χ2v) is 7.19. The molecule has 1 heterocycles. The highest BCUT2D eigenvalue weighted by molar-refractivity contribution is 6.18. The van der Waals surface area contributed by atoms with Crippen LogP contribution < -0.4 is 5.73 Å². The van der Waals surface area contributed by atoms with Gasteiger partial charge in [-0.05, 0) is 49.4 Å². The number of nitrogens with two attached hydrogens (primary N) is 1. The van der Waals surface area contributed by atoms with Crippen LogP contribution in [-0.4, -0.2) is 35.8 Å². The van der Waals surface area contributed by atoms with Crippen molar-refractivity contribution in [3.63, 3.8) is 0 Å². The minimum absolute atomic E-state index is 0.145. The van der Waals surface area contributed by atoms with Gasteiger partial charge in [0.2, 0.25) is 5.91 Å². The van der Waals surface area contributed by atoms with Gasteiger partial charge in [-0.15, -0.1) is 11.6 Å². The second-order valence-electron chi connectivity index (χ2n) is 6.88. The fourth-order valence-electron chi connectivity index (χ4n) is 3.47. The summed E-state index contributed by atoms with van der Waals surface area (Å²) in [5.41, 5.74) is 6.36. The van der Waals surface area contributed by atoms with Gasteiger partial charge in [-0.3, -0.25) is 4.79 Å². The zero-order chi connectivity index (χ0) is 14.0. The van der Waals surface area contributed by atoms with Gasteiger partial charge >= 0.3 is 0 Å². The first kappa shape index (κ1) is 15.1. The van der Waals surface area contributed by atoms with Crippen LogP contribution in [0.4, 0.5) is 0 Å². The van der Waals surface area contributed by atoms with Gasteiger partial charge in [0.15, 0.2) is 0 Å². The van der Waals surface area contributed by atoms with E-state index in [-0.39, 0.29) is 17.9 Å². The molecule has 0 radical (unpaired) electrons. The molecular formula is C15H27ClN2O. The summed E-state index contributed by atoms with van der Waals surface area (Å²) in [6, 6.07) is -0.339. The number of likely N-dealkylation sites (tertiary alicyclic amines) is 1. The van der Waals surface area contributed by atoms with Gasteiger partial charge in [0.25, 0.3) is 0 Å². The zero-order valence-corrected chi connectivity index (χ0v) is 13.0. The van der Waals surface area contributed by atoms with Gasteiger partial charge < -0.3 is 10.6 Å². The van der Waals surface area contributed by atoms with E-state index in [9.17, 15) is 4.79 Å². The van der Waals surface area contributed by atoms with Gasteiger partial charge in [0.1, 0.15) is 0 Å². The Kier molecular flexibility index (Phi) is 4.78. The van der Waals surface area contributed by atoms with Crippen LogP contribution in [0.1, 0.15) is 46.0 Å². The SMILES string of the molecule is CC(C)[C@@H](N)C(=O)N1CCC2(CCC(CCl)CC2)C1. The molecule has 2 fully saturated rings. The molecule has 2 rings (SSSR count). The number of rotatable bonds is 3. The molecule has 1 aliphatic carbocycles. The van der Waals surface area contributed by atoms with Gasteiger partial charge in [0, 0.05) is 19.0 Å². The monoisotopic (exact) mass is 286 g/mol. The fraction of sp³-hybridized carbons (Fsp3) is 0.933. The molecule has 1 aliphatic heterocycles. The van der Waals surface area contributed by atoms with Crippen molar-refractivity contribution >= 4 is 17.5 Å². The summed E-state index contributed by atoms with van der Waals surface area (Å²) in [5, 5.41) is 0. The van der Waals surface area contributed by atoms with Gasteiger partial charge in [-0.1, -0.05) is 13.8 Å². The smallest absolute Gasteiger partial charge is 0.239 e. The molecule has 2 aliphatic rings. The van der Waals surface area contributed by atoms with Crippen molar-refractivity contribution in [3.8, 4) is 0 Å². The molecule has 2 N–H and O–H groups in total. The molecular weight excluding hydrogens is 260 g/mol.